The summed E-state index contributed by atoms with van der Waals surface area (Å²) in [5.41, 5.74) is 0.881. The molecule has 1 nitrogen and oxygen atoms in total. The van der Waals surface area contributed by atoms with Crippen molar-refractivity contribution in [1.82, 2.24) is 5.32 Å². The van der Waals surface area contributed by atoms with E-state index in [0.717, 1.165) is 31.5 Å². The Labute approximate surface area is 124 Å². The molecule has 0 heterocycles. The van der Waals surface area contributed by atoms with E-state index in [1.54, 1.807) is 12.1 Å². The van der Waals surface area contributed by atoms with Gasteiger partial charge in [0.05, 0.1) is 0 Å². The first-order chi connectivity index (χ1) is 9.79. The molecular formula is C18H30FN. The zero-order chi connectivity index (χ0) is 14.6. The van der Waals surface area contributed by atoms with Crippen LogP contribution in [0.1, 0.15) is 70.3 Å². The van der Waals surface area contributed by atoms with Gasteiger partial charge in [-0.25, -0.2) is 4.39 Å². The van der Waals surface area contributed by atoms with Gasteiger partial charge in [0.1, 0.15) is 5.82 Å². The van der Waals surface area contributed by atoms with Crippen LogP contribution in [-0.2, 0) is 0 Å². The minimum absolute atomic E-state index is 0.0515. The molecule has 0 spiro atoms. The van der Waals surface area contributed by atoms with Gasteiger partial charge in [0.2, 0.25) is 0 Å². The second kappa shape index (κ2) is 10.8. The molecule has 20 heavy (non-hydrogen) atoms. The highest BCUT2D eigenvalue weighted by Crippen LogP contribution is 2.24. The van der Waals surface area contributed by atoms with Crippen LogP contribution < -0.4 is 5.32 Å². The van der Waals surface area contributed by atoms with Crippen LogP contribution in [0.4, 0.5) is 4.39 Å². The van der Waals surface area contributed by atoms with Crippen molar-refractivity contribution >= 4 is 0 Å². The fourth-order valence-corrected chi connectivity index (χ4v) is 2.62. The van der Waals surface area contributed by atoms with Crippen molar-refractivity contribution in [2.75, 3.05) is 13.1 Å². The van der Waals surface area contributed by atoms with E-state index >= 15 is 0 Å². The minimum atomic E-state index is -0.0515. The normalized spacial score (nSPS) is 12.6. The lowest BCUT2D eigenvalue weighted by Gasteiger charge is -2.18. The van der Waals surface area contributed by atoms with Gasteiger partial charge < -0.3 is 5.32 Å². The van der Waals surface area contributed by atoms with E-state index in [2.05, 4.69) is 19.2 Å². The Morgan fingerprint density at radius 3 is 2.45 bits per heavy atom. The molecule has 2 heteroatoms. The highest BCUT2D eigenvalue weighted by atomic mass is 19.1. The highest BCUT2D eigenvalue weighted by molar-refractivity contribution is 5.22. The molecule has 1 aromatic carbocycles. The first kappa shape index (κ1) is 17.2. The van der Waals surface area contributed by atoms with Crippen LogP contribution in [-0.4, -0.2) is 13.1 Å². The van der Waals surface area contributed by atoms with E-state index in [9.17, 15) is 4.39 Å². The third kappa shape index (κ3) is 6.51. The average Bonchev–Trinajstić information content (AvgIpc) is 2.46. The standard InChI is InChI=1S/C18H30FN/c1-3-5-6-7-8-11-16(15-20-14-4-2)17-12-9-10-13-18(17)19/h9-10,12-13,16,20H,3-8,11,14-15H2,1-2H3. The zero-order valence-electron chi connectivity index (χ0n) is 13.1. The van der Waals surface area contributed by atoms with Crippen LogP contribution in [0.3, 0.4) is 0 Å². The number of hydrogen-bond acceptors (Lipinski definition) is 1. The van der Waals surface area contributed by atoms with Crippen molar-refractivity contribution in [2.45, 2.75) is 64.7 Å². The quantitative estimate of drug-likeness (QED) is 0.544. The molecular weight excluding hydrogens is 249 g/mol. The maximum atomic E-state index is 14.0. The van der Waals surface area contributed by atoms with Crippen molar-refractivity contribution in [1.29, 1.82) is 0 Å². The third-order valence-electron chi connectivity index (χ3n) is 3.82. The molecule has 0 aromatic heterocycles. The van der Waals surface area contributed by atoms with Crippen molar-refractivity contribution < 1.29 is 4.39 Å². The first-order valence-electron chi connectivity index (χ1n) is 8.24. The lowest BCUT2D eigenvalue weighted by Crippen LogP contribution is -2.23. The molecule has 0 aliphatic heterocycles. The molecule has 1 unspecified atom stereocenters. The van der Waals surface area contributed by atoms with Gasteiger partial charge in [-0.3, -0.25) is 0 Å². The van der Waals surface area contributed by atoms with E-state index in [-0.39, 0.29) is 5.82 Å². The first-order valence-corrected chi connectivity index (χ1v) is 8.24. The van der Waals surface area contributed by atoms with Crippen molar-refractivity contribution in [3.05, 3.63) is 35.6 Å². The summed E-state index contributed by atoms with van der Waals surface area (Å²) in [7, 11) is 0. The molecule has 0 aliphatic carbocycles. The molecule has 0 bridgehead atoms. The summed E-state index contributed by atoms with van der Waals surface area (Å²) in [5.74, 6) is 0.258. The SMILES string of the molecule is CCCCCCCC(CNCCC)c1ccccc1F. The molecule has 0 radical (unpaired) electrons. The maximum absolute atomic E-state index is 14.0. The summed E-state index contributed by atoms with van der Waals surface area (Å²) >= 11 is 0. The smallest absolute Gasteiger partial charge is 0.126 e. The Kier molecular flexibility index (Phi) is 9.31. The Balaban J connectivity index is 2.49. The Hall–Kier alpha value is -0.890. The van der Waals surface area contributed by atoms with Gasteiger partial charge >= 0.3 is 0 Å². The van der Waals surface area contributed by atoms with E-state index in [1.165, 1.54) is 32.1 Å². The number of unbranched alkanes of at least 4 members (excludes halogenated alkanes) is 4. The summed E-state index contributed by atoms with van der Waals surface area (Å²) in [4.78, 5) is 0. The minimum Gasteiger partial charge on any atom is -0.316 e. The topological polar surface area (TPSA) is 12.0 Å². The van der Waals surface area contributed by atoms with Crippen LogP contribution in [0, 0.1) is 5.82 Å². The zero-order valence-corrected chi connectivity index (χ0v) is 13.1. The van der Waals surface area contributed by atoms with Crippen molar-refractivity contribution in [3.8, 4) is 0 Å². The van der Waals surface area contributed by atoms with E-state index in [4.69, 9.17) is 0 Å². The maximum Gasteiger partial charge on any atom is 0.126 e. The van der Waals surface area contributed by atoms with Crippen molar-refractivity contribution in [3.63, 3.8) is 0 Å². The van der Waals surface area contributed by atoms with Gasteiger partial charge in [-0.05, 0) is 36.9 Å². The molecule has 1 aromatic rings. The second-order valence-corrected chi connectivity index (χ2v) is 5.63. The molecule has 1 rings (SSSR count). The van der Waals surface area contributed by atoms with Crippen LogP contribution in [0.15, 0.2) is 24.3 Å². The van der Waals surface area contributed by atoms with Gasteiger partial charge in [0.15, 0.2) is 0 Å². The summed E-state index contributed by atoms with van der Waals surface area (Å²) < 4.78 is 14.0. The number of halogens is 1. The Morgan fingerprint density at radius 2 is 1.75 bits per heavy atom. The van der Waals surface area contributed by atoms with E-state index < -0.39 is 0 Å². The predicted molar refractivity (Wildman–Crippen MR) is 85.7 cm³/mol. The van der Waals surface area contributed by atoms with Gasteiger partial charge in [-0.15, -0.1) is 0 Å². The van der Waals surface area contributed by atoms with Crippen LogP contribution in [0.25, 0.3) is 0 Å². The van der Waals surface area contributed by atoms with Gasteiger partial charge in [0, 0.05) is 6.54 Å². The van der Waals surface area contributed by atoms with Crippen molar-refractivity contribution in [2.24, 2.45) is 0 Å². The van der Waals surface area contributed by atoms with Gasteiger partial charge in [-0.1, -0.05) is 64.2 Å². The summed E-state index contributed by atoms with van der Waals surface area (Å²) in [6.07, 6.45) is 8.58. The average molecular weight is 279 g/mol. The lowest BCUT2D eigenvalue weighted by atomic mass is 9.92. The third-order valence-corrected chi connectivity index (χ3v) is 3.82. The Bertz CT molecular complexity index is 351. The fourth-order valence-electron chi connectivity index (χ4n) is 2.62. The molecule has 0 saturated heterocycles. The fraction of sp³-hybridized carbons (Fsp3) is 0.667. The molecule has 0 aliphatic rings. The summed E-state index contributed by atoms with van der Waals surface area (Å²) in [6.45, 7) is 6.30. The predicted octanol–water partition coefficient (Wildman–Crippen LogP) is 5.27. The summed E-state index contributed by atoms with van der Waals surface area (Å²) in [6, 6.07) is 7.25. The molecule has 1 atom stereocenters. The van der Waals surface area contributed by atoms with Gasteiger partial charge in [0.25, 0.3) is 0 Å². The number of nitrogens with one attached hydrogen (secondary N) is 1. The monoisotopic (exact) mass is 279 g/mol. The molecule has 0 amide bonds. The number of rotatable bonds is 11. The lowest BCUT2D eigenvalue weighted by molar-refractivity contribution is 0.489. The van der Waals surface area contributed by atoms with E-state index in [1.807, 2.05) is 12.1 Å². The summed E-state index contributed by atoms with van der Waals surface area (Å²) in [5, 5.41) is 3.45. The Morgan fingerprint density at radius 1 is 1.00 bits per heavy atom. The number of benzene rings is 1. The van der Waals surface area contributed by atoms with Crippen LogP contribution in [0.2, 0.25) is 0 Å². The largest absolute Gasteiger partial charge is 0.316 e. The number of hydrogen-bond donors (Lipinski definition) is 1. The molecule has 0 saturated carbocycles. The molecule has 0 fully saturated rings. The highest BCUT2D eigenvalue weighted by Gasteiger charge is 2.14. The second-order valence-electron chi connectivity index (χ2n) is 5.63. The molecule has 114 valence electrons. The van der Waals surface area contributed by atoms with Crippen LogP contribution >= 0.6 is 0 Å². The van der Waals surface area contributed by atoms with Gasteiger partial charge in [-0.2, -0.15) is 0 Å². The molecule has 1 N–H and O–H groups in total. The van der Waals surface area contributed by atoms with E-state index in [0.29, 0.717) is 5.92 Å². The van der Waals surface area contributed by atoms with Crippen LogP contribution in [0.5, 0.6) is 0 Å².